The summed E-state index contributed by atoms with van der Waals surface area (Å²) in [7, 11) is 1.54. The smallest absolute Gasteiger partial charge is 0.272 e. The number of aromatic nitrogens is 1. The third-order valence-electron chi connectivity index (χ3n) is 5.64. The monoisotopic (exact) mass is 556 g/mol. The maximum Gasteiger partial charge on any atom is 0.272 e. The second kappa shape index (κ2) is 13.3. The normalized spacial score (nSPS) is 11.8. The summed E-state index contributed by atoms with van der Waals surface area (Å²) in [6.45, 7) is 3.53. The SMILES string of the molecule is COc1ccccc1/C=C(\NC(=O)c1ccccc1)C(=O)Nc1ccc(SC(C)C(=O)Nc2cc(C)on2)cc1. The first-order chi connectivity index (χ1) is 19.3. The van der Waals surface area contributed by atoms with Gasteiger partial charge in [0.1, 0.15) is 17.2 Å². The number of hydrogen-bond acceptors (Lipinski definition) is 7. The number of aryl methyl sites for hydroxylation is 1. The van der Waals surface area contributed by atoms with Gasteiger partial charge in [-0.2, -0.15) is 0 Å². The average Bonchev–Trinajstić information content (AvgIpc) is 3.38. The van der Waals surface area contributed by atoms with Crippen LogP contribution in [0.3, 0.4) is 0 Å². The van der Waals surface area contributed by atoms with Crippen molar-refractivity contribution in [2.75, 3.05) is 17.7 Å². The van der Waals surface area contributed by atoms with Gasteiger partial charge in [0.25, 0.3) is 11.8 Å². The Kier molecular flexibility index (Phi) is 9.37. The fraction of sp³-hybridized carbons (Fsp3) is 0.133. The first kappa shape index (κ1) is 28.2. The highest BCUT2D eigenvalue weighted by atomic mass is 32.2. The number of hydrogen-bond donors (Lipinski definition) is 3. The molecule has 40 heavy (non-hydrogen) atoms. The second-order valence-electron chi connectivity index (χ2n) is 8.67. The first-order valence-corrected chi connectivity index (χ1v) is 13.2. The number of methoxy groups -OCH3 is 1. The summed E-state index contributed by atoms with van der Waals surface area (Å²) < 4.78 is 10.4. The molecule has 1 unspecified atom stereocenters. The van der Waals surface area contributed by atoms with Gasteiger partial charge in [-0.15, -0.1) is 11.8 Å². The predicted octanol–water partition coefficient (Wildman–Crippen LogP) is 5.52. The molecular weight excluding hydrogens is 528 g/mol. The molecule has 4 aromatic rings. The highest BCUT2D eigenvalue weighted by Crippen LogP contribution is 2.26. The van der Waals surface area contributed by atoms with Crippen molar-refractivity contribution >= 4 is 47.1 Å². The van der Waals surface area contributed by atoms with Gasteiger partial charge in [-0.3, -0.25) is 14.4 Å². The minimum Gasteiger partial charge on any atom is -0.496 e. The zero-order valence-corrected chi connectivity index (χ0v) is 23.0. The summed E-state index contributed by atoms with van der Waals surface area (Å²) >= 11 is 1.36. The van der Waals surface area contributed by atoms with E-state index in [1.165, 1.54) is 18.9 Å². The number of carbonyl (C=O) groups is 3. The summed E-state index contributed by atoms with van der Waals surface area (Å²) in [5, 5.41) is 11.6. The van der Waals surface area contributed by atoms with Crippen LogP contribution in [0.2, 0.25) is 0 Å². The molecule has 4 rings (SSSR count). The Bertz CT molecular complexity index is 1520. The molecule has 10 heteroatoms. The summed E-state index contributed by atoms with van der Waals surface area (Å²) in [5.74, 6) is 0.386. The molecule has 204 valence electrons. The van der Waals surface area contributed by atoms with Crippen molar-refractivity contribution in [2.45, 2.75) is 24.0 Å². The van der Waals surface area contributed by atoms with Crippen molar-refractivity contribution in [3.63, 3.8) is 0 Å². The van der Waals surface area contributed by atoms with Gasteiger partial charge in [0.15, 0.2) is 5.82 Å². The Morgan fingerprint density at radius 3 is 2.33 bits per heavy atom. The maximum absolute atomic E-state index is 13.3. The lowest BCUT2D eigenvalue weighted by Crippen LogP contribution is -2.30. The van der Waals surface area contributed by atoms with Crippen LogP contribution < -0.4 is 20.7 Å². The van der Waals surface area contributed by atoms with Crippen LogP contribution in [0.25, 0.3) is 6.08 Å². The van der Waals surface area contributed by atoms with Crippen LogP contribution in [0.1, 0.15) is 28.6 Å². The number of amides is 3. The Labute approximate surface area is 236 Å². The predicted molar refractivity (Wildman–Crippen MR) is 155 cm³/mol. The zero-order chi connectivity index (χ0) is 28.5. The molecule has 0 bridgehead atoms. The van der Waals surface area contributed by atoms with Crippen LogP contribution in [0.4, 0.5) is 11.5 Å². The van der Waals surface area contributed by atoms with Crippen molar-refractivity contribution in [2.24, 2.45) is 0 Å². The standard InChI is InChI=1S/C30H28N4O5S/c1-19-17-27(34-39-19)33-28(35)20(2)40-24-15-13-23(14-16-24)31-30(37)25(18-22-11-7-8-12-26(22)38-3)32-29(36)21-9-5-4-6-10-21/h4-18,20H,1-3H3,(H,31,37)(H,32,36)(H,33,34,35)/b25-18-. The second-order valence-corrected chi connectivity index (χ2v) is 10.1. The molecule has 0 spiro atoms. The lowest BCUT2D eigenvalue weighted by Gasteiger charge is -2.13. The Morgan fingerprint density at radius 1 is 0.950 bits per heavy atom. The number of ether oxygens (including phenoxy) is 1. The summed E-state index contributed by atoms with van der Waals surface area (Å²) in [6, 6.07) is 24.5. The topological polar surface area (TPSA) is 123 Å². The van der Waals surface area contributed by atoms with Crippen LogP contribution in [0.5, 0.6) is 5.75 Å². The number of nitrogens with zero attached hydrogens (tertiary/aromatic N) is 1. The molecule has 9 nitrogen and oxygen atoms in total. The minimum atomic E-state index is -0.508. The fourth-order valence-corrected chi connectivity index (χ4v) is 4.48. The van der Waals surface area contributed by atoms with E-state index in [4.69, 9.17) is 9.26 Å². The Hall–Kier alpha value is -4.83. The van der Waals surface area contributed by atoms with E-state index in [0.717, 1.165) is 4.90 Å². The largest absolute Gasteiger partial charge is 0.496 e. The van der Waals surface area contributed by atoms with Gasteiger partial charge < -0.3 is 25.2 Å². The van der Waals surface area contributed by atoms with Gasteiger partial charge in [-0.1, -0.05) is 41.6 Å². The molecule has 3 aromatic carbocycles. The summed E-state index contributed by atoms with van der Waals surface area (Å²) in [4.78, 5) is 39.5. The third kappa shape index (κ3) is 7.61. The molecule has 1 heterocycles. The summed E-state index contributed by atoms with van der Waals surface area (Å²) in [6.07, 6.45) is 1.57. The highest BCUT2D eigenvalue weighted by molar-refractivity contribution is 8.00. The van der Waals surface area contributed by atoms with Gasteiger partial charge in [0.2, 0.25) is 5.91 Å². The van der Waals surface area contributed by atoms with Crippen LogP contribution in [0, 0.1) is 6.92 Å². The Balaban J connectivity index is 1.46. The number of anilines is 2. The molecule has 0 saturated carbocycles. The first-order valence-electron chi connectivity index (χ1n) is 12.4. The molecule has 0 aliphatic rings. The van der Waals surface area contributed by atoms with Crippen molar-refractivity contribution < 1.29 is 23.6 Å². The number of para-hydroxylation sites is 1. The molecule has 1 aromatic heterocycles. The van der Waals surface area contributed by atoms with Crippen LogP contribution in [-0.2, 0) is 9.59 Å². The van der Waals surface area contributed by atoms with E-state index in [1.807, 2.05) is 18.2 Å². The molecule has 0 fully saturated rings. The van der Waals surface area contributed by atoms with E-state index >= 15 is 0 Å². The minimum absolute atomic E-state index is 0.0465. The third-order valence-corrected chi connectivity index (χ3v) is 6.75. The molecule has 0 saturated heterocycles. The van der Waals surface area contributed by atoms with Gasteiger partial charge >= 0.3 is 0 Å². The average molecular weight is 557 g/mol. The fourth-order valence-electron chi connectivity index (χ4n) is 3.61. The number of rotatable bonds is 10. The highest BCUT2D eigenvalue weighted by Gasteiger charge is 2.18. The van der Waals surface area contributed by atoms with Gasteiger partial charge in [0.05, 0.1) is 12.4 Å². The quantitative estimate of drug-likeness (QED) is 0.174. The van der Waals surface area contributed by atoms with E-state index in [1.54, 1.807) is 86.7 Å². The Morgan fingerprint density at radius 2 is 1.65 bits per heavy atom. The molecule has 3 amide bonds. The summed E-state index contributed by atoms with van der Waals surface area (Å²) in [5.41, 5.74) is 1.61. The van der Waals surface area contributed by atoms with Gasteiger partial charge in [0, 0.05) is 27.8 Å². The van der Waals surface area contributed by atoms with Crippen molar-refractivity contribution in [1.82, 2.24) is 10.5 Å². The van der Waals surface area contributed by atoms with Gasteiger partial charge in [-0.05, 0) is 62.4 Å². The molecular formula is C30H28N4O5S. The number of nitrogens with one attached hydrogen (secondary N) is 3. The van der Waals surface area contributed by atoms with E-state index in [9.17, 15) is 14.4 Å². The van der Waals surface area contributed by atoms with Crippen LogP contribution >= 0.6 is 11.8 Å². The van der Waals surface area contributed by atoms with E-state index in [2.05, 4.69) is 21.1 Å². The molecule has 0 aliphatic carbocycles. The van der Waals surface area contributed by atoms with Crippen molar-refractivity contribution in [3.8, 4) is 5.75 Å². The molecule has 0 radical (unpaired) electrons. The van der Waals surface area contributed by atoms with Gasteiger partial charge in [-0.25, -0.2) is 0 Å². The molecule has 1 atom stereocenters. The number of benzene rings is 3. The maximum atomic E-state index is 13.3. The molecule has 3 N–H and O–H groups in total. The van der Waals surface area contributed by atoms with Crippen LogP contribution in [0.15, 0.2) is 100 Å². The van der Waals surface area contributed by atoms with E-state index < -0.39 is 17.1 Å². The van der Waals surface area contributed by atoms with Crippen molar-refractivity contribution in [1.29, 1.82) is 0 Å². The molecule has 0 aliphatic heterocycles. The van der Waals surface area contributed by atoms with E-state index in [-0.39, 0.29) is 11.6 Å². The van der Waals surface area contributed by atoms with Crippen molar-refractivity contribution in [3.05, 3.63) is 108 Å². The number of carbonyl (C=O) groups excluding carboxylic acids is 3. The van der Waals surface area contributed by atoms with E-state index in [0.29, 0.717) is 34.1 Å². The number of thioether (sulfide) groups is 1. The van der Waals surface area contributed by atoms with Crippen LogP contribution in [-0.4, -0.2) is 35.2 Å². The zero-order valence-electron chi connectivity index (χ0n) is 22.1. The lowest BCUT2D eigenvalue weighted by molar-refractivity contribution is -0.115. The lowest BCUT2D eigenvalue weighted by atomic mass is 10.1.